The van der Waals surface area contributed by atoms with Gasteiger partial charge in [-0.25, -0.2) is 0 Å². The molecule has 0 aromatic heterocycles. The monoisotopic (exact) mass is 267 g/mol. The summed E-state index contributed by atoms with van der Waals surface area (Å²) in [5.74, 6) is 0.773. The normalized spacial score (nSPS) is 11.8. The van der Waals surface area contributed by atoms with Crippen LogP contribution in [0, 0.1) is 5.92 Å². The molecule has 1 aromatic rings. The minimum Gasteiger partial charge on any atom is -0.497 e. The van der Waals surface area contributed by atoms with E-state index in [-0.39, 0.29) is 18.4 Å². The highest BCUT2D eigenvalue weighted by atomic mass is 16.5. The lowest BCUT2D eigenvalue weighted by molar-refractivity contribution is -0.147. The lowest BCUT2D eigenvalue weighted by Crippen LogP contribution is -2.27. The van der Waals surface area contributed by atoms with Crippen LogP contribution in [0.4, 0.5) is 0 Å². The van der Waals surface area contributed by atoms with Gasteiger partial charge in [-0.05, 0) is 37.1 Å². The molecular formula is C14H21NO4. The molecule has 5 heteroatoms. The van der Waals surface area contributed by atoms with Crippen LogP contribution in [0.2, 0.25) is 0 Å². The zero-order valence-corrected chi connectivity index (χ0v) is 11.6. The van der Waals surface area contributed by atoms with Gasteiger partial charge < -0.3 is 19.9 Å². The average molecular weight is 267 g/mol. The molecule has 0 heterocycles. The molecule has 106 valence electrons. The van der Waals surface area contributed by atoms with Crippen molar-refractivity contribution in [2.45, 2.75) is 13.3 Å². The van der Waals surface area contributed by atoms with Crippen molar-refractivity contribution in [3.8, 4) is 11.5 Å². The maximum atomic E-state index is 11.8. The molecule has 1 aromatic carbocycles. The zero-order chi connectivity index (χ0) is 14.3. The third-order valence-corrected chi connectivity index (χ3v) is 2.86. The molecule has 1 rings (SSSR count). The molecule has 0 spiro atoms. The van der Waals surface area contributed by atoms with Crippen LogP contribution in [0.15, 0.2) is 18.2 Å². The van der Waals surface area contributed by atoms with Crippen LogP contribution in [0.5, 0.6) is 11.5 Å². The first-order valence-electron chi connectivity index (χ1n) is 6.23. The number of esters is 1. The molecule has 0 saturated heterocycles. The number of rotatable bonds is 7. The Kier molecular flexibility index (Phi) is 6.15. The largest absolute Gasteiger partial charge is 0.497 e. The summed E-state index contributed by atoms with van der Waals surface area (Å²) in [6.07, 6.45) is 0.468. The highest BCUT2D eigenvalue weighted by molar-refractivity contribution is 5.73. The van der Waals surface area contributed by atoms with E-state index >= 15 is 0 Å². The lowest BCUT2D eigenvalue weighted by Gasteiger charge is -2.16. The summed E-state index contributed by atoms with van der Waals surface area (Å²) in [5.41, 5.74) is 6.52. The smallest absolute Gasteiger partial charge is 0.310 e. The summed E-state index contributed by atoms with van der Waals surface area (Å²) in [7, 11) is 3.18. The van der Waals surface area contributed by atoms with Gasteiger partial charge in [-0.15, -0.1) is 0 Å². The van der Waals surface area contributed by atoms with Gasteiger partial charge in [-0.2, -0.15) is 0 Å². The van der Waals surface area contributed by atoms with Crippen molar-refractivity contribution < 1.29 is 19.0 Å². The summed E-state index contributed by atoms with van der Waals surface area (Å²) in [4.78, 5) is 11.8. The SMILES string of the molecule is CCOC(=O)C(CN)Cc1cc(OC)ccc1OC. The van der Waals surface area contributed by atoms with Crippen LogP contribution >= 0.6 is 0 Å². The van der Waals surface area contributed by atoms with Crippen LogP contribution < -0.4 is 15.2 Å². The quantitative estimate of drug-likeness (QED) is 0.756. The molecule has 0 radical (unpaired) electrons. The van der Waals surface area contributed by atoms with Crippen molar-refractivity contribution in [3.05, 3.63) is 23.8 Å². The Labute approximate surface area is 113 Å². The van der Waals surface area contributed by atoms with Crippen molar-refractivity contribution >= 4 is 5.97 Å². The standard InChI is InChI=1S/C14H21NO4/c1-4-19-14(16)11(9-15)7-10-8-12(17-2)5-6-13(10)18-3/h5-6,8,11H,4,7,9,15H2,1-3H3. The van der Waals surface area contributed by atoms with E-state index in [9.17, 15) is 4.79 Å². The number of hydrogen-bond acceptors (Lipinski definition) is 5. The van der Waals surface area contributed by atoms with Crippen LogP contribution in [0.3, 0.4) is 0 Å². The van der Waals surface area contributed by atoms with Gasteiger partial charge in [0, 0.05) is 6.54 Å². The van der Waals surface area contributed by atoms with E-state index in [4.69, 9.17) is 19.9 Å². The van der Waals surface area contributed by atoms with Gasteiger partial charge in [-0.1, -0.05) is 0 Å². The van der Waals surface area contributed by atoms with Crippen LogP contribution in [0.1, 0.15) is 12.5 Å². The number of carbonyl (C=O) groups excluding carboxylic acids is 1. The molecule has 0 aliphatic carbocycles. The van der Waals surface area contributed by atoms with E-state index in [1.165, 1.54) is 0 Å². The molecule has 19 heavy (non-hydrogen) atoms. The van der Waals surface area contributed by atoms with Gasteiger partial charge in [0.1, 0.15) is 11.5 Å². The summed E-state index contributed by atoms with van der Waals surface area (Å²) >= 11 is 0. The van der Waals surface area contributed by atoms with Crippen LogP contribution in [-0.4, -0.2) is 33.3 Å². The van der Waals surface area contributed by atoms with Crippen molar-refractivity contribution in [3.63, 3.8) is 0 Å². The molecule has 0 fully saturated rings. The maximum absolute atomic E-state index is 11.8. The van der Waals surface area contributed by atoms with E-state index in [2.05, 4.69) is 0 Å². The van der Waals surface area contributed by atoms with E-state index < -0.39 is 0 Å². The van der Waals surface area contributed by atoms with E-state index in [0.717, 1.165) is 11.3 Å². The van der Waals surface area contributed by atoms with Crippen LogP contribution in [0.25, 0.3) is 0 Å². The number of methoxy groups -OCH3 is 2. The Morgan fingerprint density at radius 3 is 2.58 bits per heavy atom. The van der Waals surface area contributed by atoms with Crippen molar-refractivity contribution in [2.24, 2.45) is 11.7 Å². The predicted molar refractivity (Wildman–Crippen MR) is 72.4 cm³/mol. The molecule has 5 nitrogen and oxygen atoms in total. The molecule has 2 N–H and O–H groups in total. The Bertz CT molecular complexity index is 420. The second-order valence-corrected chi connectivity index (χ2v) is 4.07. The van der Waals surface area contributed by atoms with Gasteiger partial charge in [0.25, 0.3) is 0 Å². The first kappa shape index (κ1) is 15.3. The summed E-state index contributed by atoms with van der Waals surface area (Å²) in [6, 6.07) is 5.47. The minimum absolute atomic E-state index is 0.235. The second-order valence-electron chi connectivity index (χ2n) is 4.07. The number of benzene rings is 1. The number of ether oxygens (including phenoxy) is 3. The van der Waals surface area contributed by atoms with Gasteiger partial charge in [-0.3, -0.25) is 4.79 Å². The number of hydrogen-bond donors (Lipinski definition) is 1. The fraction of sp³-hybridized carbons (Fsp3) is 0.500. The fourth-order valence-corrected chi connectivity index (χ4v) is 1.83. The molecule has 1 atom stereocenters. The molecular weight excluding hydrogens is 246 g/mol. The fourth-order valence-electron chi connectivity index (χ4n) is 1.83. The predicted octanol–water partition coefficient (Wildman–Crippen LogP) is 1.38. The Morgan fingerprint density at radius 1 is 1.32 bits per heavy atom. The van der Waals surface area contributed by atoms with E-state index in [1.807, 2.05) is 18.2 Å². The van der Waals surface area contributed by atoms with Crippen molar-refractivity contribution in [2.75, 3.05) is 27.4 Å². The molecule has 0 amide bonds. The first-order chi connectivity index (χ1) is 9.15. The van der Waals surface area contributed by atoms with Gasteiger partial charge in [0.15, 0.2) is 0 Å². The Hall–Kier alpha value is -1.75. The van der Waals surface area contributed by atoms with Gasteiger partial charge in [0.2, 0.25) is 0 Å². The minimum atomic E-state index is -0.374. The van der Waals surface area contributed by atoms with E-state index in [0.29, 0.717) is 18.8 Å². The number of carbonyl (C=O) groups is 1. The molecule has 0 aliphatic rings. The maximum Gasteiger partial charge on any atom is 0.310 e. The third kappa shape index (κ3) is 4.13. The second kappa shape index (κ2) is 7.63. The van der Waals surface area contributed by atoms with Gasteiger partial charge >= 0.3 is 5.97 Å². The molecule has 0 aliphatic heterocycles. The average Bonchev–Trinajstić information content (AvgIpc) is 2.44. The zero-order valence-electron chi connectivity index (χ0n) is 11.6. The number of nitrogens with two attached hydrogens (primary N) is 1. The van der Waals surface area contributed by atoms with Crippen molar-refractivity contribution in [1.29, 1.82) is 0 Å². The van der Waals surface area contributed by atoms with Crippen molar-refractivity contribution in [1.82, 2.24) is 0 Å². The first-order valence-corrected chi connectivity index (χ1v) is 6.23. The van der Waals surface area contributed by atoms with Gasteiger partial charge in [0.05, 0.1) is 26.7 Å². The van der Waals surface area contributed by atoms with Crippen LogP contribution in [-0.2, 0) is 16.0 Å². The highest BCUT2D eigenvalue weighted by Crippen LogP contribution is 2.26. The molecule has 0 saturated carbocycles. The van der Waals surface area contributed by atoms with E-state index in [1.54, 1.807) is 21.1 Å². The molecule has 0 bridgehead atoms. The Morgan fingerprint density at radius 2 is 2.05 bits per heavy atom. The highest BCUT2D eigenvalue weighted by Gasteiger charge is 2.20. The summed E-state index contributed by atoms with van der Waals surface area (Å²) < 4.78 is 15.5. The lowest BCUT2D eigenvalue weighted by atomic mass is 9.98. The topological polar surface area (TPSA) is 70.8 Å². The summed E-state index contributed by atoms with van der Waals surface area (Å²) in [5, 5.41) is 0. The third-order valence-electron chi connectivity index (χ3n) is 2.86. The summed E-state index contributed by atoms with van der Waals surface area (Å²) in [6.45, 7) is 2.36. The molecule has 1 unspecified atom stereocenters. The Balaban J connectivity index is 2.91.